The number of amides is 1. The molecule has 0 aliphatic carbocycles. The molecule has 0 atom stereocenters. The fourth-order valence-electron chi connectivity index (χ4n) is 1.50. The van der Waals surface area contributed by atoms with Gasteiger partial charge in [-0.3, -0.25) is 4.79 Å². The van der Waals surface area contributed by atoms with Gasteiger partial charge in [-0.2, -0.15) is 0 Å². The second-order valence-corrected chi connectivity index (χ2v) is 4.94. The lowest BCUT2D eigenvalue weighted by Crippen LogP contribution is -2.12. The van der Waals surface area contributed by atoms with Crippen LogP contribution in [0.15, 0.2) is 41.0 Å². The van der Waals surface area contributed by atoms with Gasteiger partial charge in [-0.15, -0.1) is 0 Å². The van der Waals surface area contributed by atoms with Crippen LogP contribution >= 0.6 is 27.5 Å². The number of carbonyl (C=O) groups is 1. The molecule has 0 aliphatic rings. The molecule has 1 aromatic carbocycles. The minimum atomic E-state index is -0.220. The molecule has 6 heteroatoms. The average Bonchev–Trinajstić information content (AvgIpc) is 2.44. The van der Waals surface area contributed by atoms with E-state index in [0.29, 0.717) is 26.6 Å². The van der Waals surface area contributed by atoms with Crippen molar-refractivity contribution in [2.45, 2.75) is 0 Å². The second-order valence-electron chi connectivity index (χ2n) is 3.74. The van der Waals surface area contributed by atoms with Gasteiger partial charge in [0.05, 0.1) is 15.2 Å². The van der Waals surface area contributed by atoms with Crippen LogP contribution in [0.5, 0.6) is 0 Å². The molecule has 1 amide bonds. The summed E-state index contributed by atoms with van der Waals surface area (Å²) in [6, 6.07) is 8.61. The van der Waals surface area contributed by atoms with Crippen molar-refractivity contribution in [3.63, 3.8) is 0 Å². The first-order chi connectivity index (χ1) is 9.11. The van der Waals surface area contributed by atoms with Crippen LogP contribution in [-0.4, -0.2) is 17.9 Å². The summed E-state index contributed by atoms with van der Waals surface area (Å²) in [6.07, 6.45) is 1.58. The van der Waals surface area contributed by atoms with Gasteiger partial charge >= 0.3 is 0 Å². The predicted octanol–water partition coefficient (Wildman–Crippen LogP) is 3.79. The summed E-state index contributed by atoms with van der Waals surface area (Å²) in [6.45, 7) is 0. The van der Waals surface area contributed by atoms with Crippen molar-refractivity contribution in [2.24, 2.45) is 0 Å². The van der Waals surface area contributed by atoms with E-state index in [1.807, 2.05) is 0 Å². The highest BCUT2D eigenvalue weighted by Crippen LogP contribution is 2.30. The van der Waals surface area contributed by atoms with E-state index in [0.717, 1.165) is 0 Å². The number of pyridine rings is 1. The normalized spacial score (nSPS) is 10.1. The fraction of sp³-hybridized carbons (Fsp3) is 0.0769. The van der Waals surface area contributed by atoms with Crippen LogP contribution in [0.3, 0.4) is 0 Å². The van der Waals surface area contributed by atoms with Gasteiger partial charge in [0.15, 0.2) is 0 Å². The van der Waals surface area contributed by atoms with Crippen molar-refractivity contribution in [1.82, 2.24) is 4.98 Å². The molecule has 2 N–H and O–H groups in total. The number of halogens is 2. The van der Waals surface area contributed by atoms with Crippen molar-refractivity contribution >= 4 is 44.9 Å². The number of nitrogens with zero attached hydrogens (tertiary/aromatic N) is 1. The molecule has 0 spiro atoms. The maximum Gasteiger partial charge on any atom is 0.255 e. The number of carbonyl (C=O) groups excluding carboxylic acids is 1. The summed E-state index contributed by atoms with van der Waals surface area (Å²) in [4.78, 5) is 16.2. The van der Waals surface area contributed by atoms with Gasteiger partial charge in [0.2, 0.25) is 0 Å². The van der Waals surface area contributed by atoms with Crippen molar-refractivity contribution in [1.29, 1.82) is 0 Å². The summed E-state index contributed by atoms with van der Waals surface area (Å²) in [5.41, 5.74) is 1.14. The number of benzene rings is 1. The van der Waals surface area contributed by atoms with Gasteiger partial charge in [0.1, 0.15) is 5.82 Å². The Labute approximate surface area is 124 Å². The van der Waals surface area contributed by atoms with Crippen LogP contribution in [0.25, 0.3) is 0 Å². The lowest BCUT2D eigenvalue weighted by atomic mass is 10.2. The van der Waals surface area contributed by atoms with E-state index in [1.165, 1.54) is 0 Å². The number of nitrogens with one attached hydrogen (secondary N) is 2. The molecule has 0 aliphatic heterocycles. The zero-order chi connectivity index (χ0) is 13.8. The van der Waals surface area contributed by atoms with Crippen LogP contribution in [-0.2, 0) is 0 Å². The SMILES string of the molecule is CNc1cc(C(=O)Nc2cccc(Cl)c2Br)ccn1. The highest BCUT2D eigenvalue weighted by molar-refractivity contribution is 9.10. The summed E-state index contributed by atoms with van der Waals surface area (Å²) < 4.78 is 0.660. The van der Waals surface area contributed by atoms with Crippen LogP contribution in [0.1, 0.15) is 10.4 Å². The quantitative estimate of drug-likeness (QED) is 0.894. The van der Waals surface area contributed by atoms with Gasteiger partial charge in [0, 0.05) is 18.8 Å². The number of hydrogen-bond donors (Lipinski definition) is 2. The molecule has 2 aromatic rings. The van der Waals surface area contributed by atoms with Gasteiger partial charge in [-0.25, -0.2) is 4.98 Å². The Morgan fingerprint density at radius 1 is 1.37 bits per heavy atom. The Balaban J connectivity index is 2.23. The smallest absolute Gasteiger partial charge is 0.255 e. The topological polar surface area (TPSA) is 54.0 Å². The van der Waals surface area contributed by atoms with Crippen LogP contribution in [0.2, 0.25) is 5.02 Å². The zero-order valence-electron chi connectivity index (χ0n) is 10.1. The summed E-state index contributed by atoms with van der Waals surface area (Å²) in [5.74, 6) is 0.416. The van der Waals surface area contributed by atoms with Crippen LogP contribution < -0.4 is 10.6 Å². The largest absolute Gasteiger partial charge is 0.373 e. The third-order valence-electron chi connectivity index (χ3n) is 2.48. The molecular weight excluding hydrogens is 330 g/mol. The number of hydrogen-bond acceptors (Lipinski definition) is 3. The molecule has 19 heavy (non-hydrogen) atoms. The predicted molar refractivity (Wildman–Crippen MR) is 80.9 cm³/mol. The van der Waals surface area contributed by atoms with Gasteiger partial charge in [-0.05, 0) is 40.2 Å². The van der Waals surface area contributed by atoms with Gasteiger partial charge < -0.3 is 10.6 Å². The Kier molecular flexibility index (Phi) is 4.39. The molecule has 0 bridgehead atoms. The monoisotopic (exact) mass is 339 g/mol. The number of rotatable bonds is 3. The van der Waals surface area contributed by atoms with Crippen molar-refractivity contribution < 1.29 is 4.79 Å². The summed E-state index contributed by atoms with van der Waals surface area (Å²) in [5, 5.41) is 6.22. The molecule has 0 fully saturated rings. The molecule has 0 saturated heterocycles. The van der Waals surface area contributed by atoms with E-state index in [2.05, 4.69) is 31.5 Å². The average molecular weight is 341 g/mol. The first kappa shape index (κ1) is 13.8. The fourth-order valence-corrected chi connectivity index (χ4v) is 2.04. The van der Waals surface area contributed by atoms with Crippen LogP contribution in [0.4, 0.5) is 11.5 Å². The van der Waals surface area contributed by atoms with Crippen molar-refractivity contribution in [2.75, 3.05) is 17.7 Å². The zero-order valence-corrected chi connectivity index (χ0v) is 12.4. The van der Waals surface area contributed by atoms with E-state index in [9.17, 15) is 4.79 Å². The summed E-state index contributed by atoms with van der Waals surface area (Å²) >= 11 is 9.31. The molecule has 0 radical (unpaired) electrons. The Bertz CT molecular complexity index is 619. The first-order valence-corrected chi connectivity index (χ1v) is 6.68. The molecule has 1 heterocycles. The highest BCUT2D eigenvalue weighted by Gasteiger charge is 2.10. The van der Waals surface area contributed by atoms with Crippen molar-refractivity contribution in [3.05, 3.63) is 51.6 Å². The lowest BCUT2D eigenvalue weighted by Gasteiger charge is -2.09. The highest BCUT2D eigenvalue weighted by atomic mass is 79.9. The first-order valence-electron chi connectivity index (χ1n) is 5.51. The third kappa shape index (κ3) is 3.24. The Morgan fingerprint density at radius 3 is 2.89 bits per heavy atom. The molecule has 0 saturated carbocycles. The Hall–Kier alpha value is -1.59. The van der Waals surface area contributed by atoms with Gasteiger partial charge in [0.25, 0.3) is 5.91 Å². The molecule has 4 nitrogen and oxygen atoms in total. The van der Waals surface area contributed by atoms with Gasteiger partial charge in [-0.1, -0.05) is 17.7 Å². The number of aromatic nitrogens is 1. The van der Waals surface area contributed by atoms with Crippen molar-refractivity contribution in [3.8, 4) is 0 Å². The van der Waals surface area contributed by atoms with E-state index in [4.69, 9.17) is 11.6 Å². The van der Waals surface area contributed by atoms with E-state index >= 15 is 0 Å². The summed E-state index contributed by atoms with van der Waals surface area (Å²) in [7, 11) is 1.75. The Morgan fingerprint density at radius 2 is 2.16 bits per heavy atom. The number of anilines is 2. The maximum absolute atomic E-state index is 12.1. The minimum absolute atomic E-state index is 0.220. The second kappa shape index (κ2) is 6.04. The lowest BCUT2D eigenvalue weighted by molar-refractivity contribution is 0.102. The van der Waals surface area contributed by atoms with Crippen LogP contribution in [0, 0.1) is 0 Å². The third-order valence-corrected chi connectivity index (χ3v) is 3.88. The molecule has 98 valence electrons. The molecule has 0 unspecified atom stereocenters. The van der Waals surface area contributed by atoms with E-state index in [-0.39, 0.29) is 5.91 Å². The minimum Gasteiger partial charge on any atom is -0.373 e. The van der Waals surface area contributed by atoms with E-state index in [1.54, 1.807) is 43.6 Å². The molecular formula is C13H11BrClN3O. The maximum atomic E-state index is 12.1. The standard InChI is InChI=1S/C13H11BrClN3O/c1-16-11-7-8(5-6-17-11)13(19)18-10-4-2-3-9(15)12(10)14/h2-7H,1H3,(H,16,17)(H,18,19). The molecule has 2 rings (SSSR count). The molecule has 1 aromatic heterocycles. The van der Waals surface area contributed by atoms with E-state index < -0.39 is 0 Å².